The van der Waals surface area contributed by atoms with Gasteiger partial charge >= 0.3 is 0 Å². The van der Waals surface area contributed by atoms with Crippen molar-refractivity contribution in [2.24, 2.45) is 0 Å². The number of aromatic nitrogens is 2. The van der Waals surface area contributed by atoms with E-state index in [9.17, 15) is 8.42 Å². The van der Waals surface area contributed by atoms with E-state index in [2.05, 4.69) is 10.2 Å². The number of rotatable bonds is 4. The number of hydrogen-bond donors (Lipinski definition) is 0. The summed E-state index contributed by atoms with van der Waals surface area (Å²) in [6.07, 6.45) is 1.12. The molecule has 3 heterocycles. The van der Waals surface area contributed by atoms with Gasteiger partial charge in [0.1, 0.15) is 19.3 Å². The molecule has 1 aromatic heterocycles. The first-order valence-corrected chi connectivity index (χ1v) is 10.3. The van der Waals surface area contributed by atoms with Crippen LogP contribution in [0, 0.1) is 6.92 Å². The highest BCUT2D eigenvalue weighted by Gasteiger charge is 2.31. The van der Waals surface area contributed by atoms with E-state index in [0.29, 0.717) is 56.5 Å². The largest absolute Gasteiger partial charge is 0.486 e. The first kappa shape index (κ1) is 18.0. The summed E-state index contributed by atoms with van der Waals surface area (Å²) in [5, 5.41) is 7.97. The third kappa shape index (κ3) is 3.84. The van der Waals surface area contributed by atoms with Crippen molar-refractivity contribution in [2.45, 2.75) is 30.8 Å². The molecule has 2 aliphatic heterocycles. The molecule has 9 heteroatoms. The molecule has 8 nitrogen and oxygen atoms in total. The van der Waals surface area contributed by atoms with Crippen LogP contribution in [0.4, 0.5) is 0 Å². The van der Waals surface area contributed by atoms with Crippen LogP contribution in [0.5, 0.6) is 17.4 Å². The average molecular weight is 391 g/mol. The molecule has 0 bridgehead atoms. The molecule has 2 aliphatic rings. The Hall–Kier alpha value is -2.39. The highest BCUT2D eigenvalue weighted by molar-refractivity contribution is 7.89. The molecule has 0 unspecified atom stereocenters. The number of piperidine rings is 1. The Kier molecular flexibility index (Phi) is 4.88. The first-order valence-electron chi connectivity index (χ1n) is 8.89. The van der Waals surface area contributed by atoms with Crippen molar-refractivity contribution in [1.29, 1.82) is 0 Å². The lowest BCUT2D eigenvalue weighted by atomic mass is 10.1. The molecule has 144 valence electrons. The van der Waals surface area contributed by atoms with Crippen LogP contribution in [0.3, 0.4) is 0 Å². The molecule has 0 aliphatic carbocycles. The van der Waals surface area contributed by atoms with Gasteiger partial charge in [0.25, 0.3) is 0 Å². The molecule has 0 radical (unpaired) electrons. The van der Waals surface area contributed by atoms with E-state index in [1.165, 1.54) is 10.4 Å². The number of fused-ring (bicyclic) bond motifs is 1. The molecule has 0 spiro atoms. The fourth-order valence-electron chi connectivity index (χ4n) is 3.14. The Labute approximate surface area is 158 Å². The number of ether oxygens (including phenoxy) is 3. The Morgan fingerprint density at radius 3 is 2.48 bits per heavy atom. The zero-order valence-corrected chi connectivity index (χ0v) is 15.8. The van der Waals surface area contributed by atoms with Crippen molar-refractivity contribution < 1.29 is 22.6 Å². The van der Waals surface area contributed by atoms with Crippen LogP contribution in [-0.2, 0) is 10.0 Å². The minimum absolute atomic E-state index is 0.0753. The maximum Gasteiger partial charge on any atom is 0.243 e. The maximum absolute atomic E-state index is 12.9. The molecule has 2 aromatic rings. The summed E-state index contributed by atoms with van der Waals surface area (Å²) in [7, 11) is -3.58. The topological polar surface area (TPSA) is 90.9 Å². The molecule has 0 atom stereocenters. The van der Waals surface area contributed by atoms with E-state index >= 15 is 0 Å². The van der Waals surface area contributed by atoms with Gasteiger partial charge in [-0.15, -0.1) is 5.10 Å². The summed E-state index contributed by atoms with van der Waals surface area (Å²) in [4.78, 5) is 0.218. The number of nitrogens with zero attached hydrogens (tertiary/aromatic N) is 3. The summed E-state index contributed by atoms with van der Waals surface area (Å²) in [6, 6.07) is 8.36. The van der Waals surface area contributed by atoms with Crippen LogP contribution in [0.2, 0.25) is 0 Å². The number of sulfonamides is 1. The van der Waals surface area contributed by atoms with Gasteiger partial charge in [-0.05, 0) is 38.0 Å². The lowest BCUT2D eigenvalue weighted by Crippen LogP contribution is -2.41. The van der Waals surface area contributed by atoms with Crippen molar-refractivity contribution in [3.63, 3.8) is 0 Å². The first-order chi connectivity index (χ1) is 13.0. The summed E-state index contributed by atoms with van der Waals surface area (Å²) in [5.41, 5.74) is 0.822. The maximum atomic E-state index is 12.9. The summed E-state index contributed by atoms with van der Waals surface area (Å²) >= 11 is 0. The Bertz CT molecular complexity index is 909. The second-order valence-electron chi connectivity index (χ2n) is 6.54. The molecule has 1 aromatic carbocycles. The summed E-state index contributed by atoms with van der Waals surface area (Å²) in [5.74, 6) is 1.51. The van der Waals surface area contributed by atoms with Crippen molar-refractivity contribution in [3.05, 3.63) is 36.0 Å². The van der Waals surface area contributed by atoms with Gasteiger partial charge in [-0.1, -0.05) is 0 Å². The normalized spacial score (nSPS) is 18.3. The molecule has 0 N–H and O–H groups in total. The molecular formula is C18H21N3O5S. The molecule has 1 fully saturated rings. The standard InChI is InChI=1S/C18H21N3O5S/c1-13-2-5-18(20-19-13)26-14-6-8-21(9-7-14)27(22,23)15-3-4-16-17(12-15)25-11-10-24-16/h2-5,12,14H,6-11H2,1H3. The lowest BCUT2D eigenvalue weighted by Gasteiger charge is -2.31. The fourth-order valence-corrected chi connectivity index (χ4v) is 4.63. The van der Waals surface area contributed by atoms with Crippen molar-refractivity contribution in [1.82, 2.24) is 14.5 Å². The quantitative estimate of drug-likeness (QED) is 0.785. The smallest absolute Gasteiger partial charge is 0.243 e. The van der Waals surface area contributed by atoms with Gasteiger partial charge in [0.05, 0.1) is 10.6 Å². The van der Waals surface area contributed by atoms with E-state index in [-0.39, 0.29) is 11.0 Å². The van der Waals surface area contributed by atoms with Crippen LogP contribution < -0.4 is 14.2 Å². The van der Waals surface area contributed by atoms with Crippen LogP contribution in [0.25, 0.3) is 0 Å². The Morgan fingerprint density at radius 2 is 1.78 bits per heavy atom. The molecule has 0 amide bonds. The minimum atomic E-state index is -3.58. The lowest BCUT2D eigenvalue weighted by molar-refractivity contribution is 0.128. The Morgan fingerprint density at radius 1 is 1.04 bits per heavy atom. The molecule has 27 heavy (non-hydrogen) atoms. The van der Waals surface area contributed by atoms with Gasteiger partial charge in [-0.3, -0.25) is 0 Å². The molecule has 0 saturated carbocycles. The average Bonchev–Trinajstić information content (AvgIpc) is 2.70. The monoisotopic (exact) mass is 391 g/mol. The Balaban J connectivity index is 1.41. The second-order valence-corrected chi connectivity index (χ2v) is 8.48. The van der Waals surface area contributed by atoms with Crippen molar-refractivity contribution >= 4 is 10.0 Å². The van der Waals surface area contributed by atoms with Gasteiger partial charge < -0.3 is 14.2 Å². The highest BCUT2D eigenvalue weighted by Crippen LogP contribution is 2.33. The third-order valence-electron chi connectivity index (χ3n) is 4.61. The molecule has 1 saturated heterocycles. The van der Waals surface area contributed by atoms with Gasteiger partial charge in [-0.25, -0.2) is 8.42 Å². The van der Waals surface area contributed by atoms with E-state index in [1.807, 2.05) is 13.0 Å². The van der Waals surface area contributed by atoms with E-state index in [4.69, 9.17) is 14.2 Å². The van der Waals surface area contributed by atoms with Crippen molar-refractivity contribution in [2.75, 3.05) is 26.3 Å². The van der Waals surface area contributed by atoms with E-state index in [1.54, 1.807) is 18.2 Å². The number of aryl methyl sites for hydroxylation is 1. The van der Waals surface area contributed by atoms with Crippen LogP contribution in [-0.4, -0.2) is 55.3 Å². The van der Waals surface area contributed by atoms with Crippen molar-refractivity contribution in [3.8, 4) is 17.4 Å². The van der Waals surface area contributed by atoms with Gasteiger partial charge in [-0.2, -0.15) is 9.40 Å². The van der Waals surface area contributed by atoms with E-state index < -0.39 is 10.0 Å². The van der Waals surface area contributed by atoms with Crippen LogP contribution in [0.1, 0.15) is 18.5 Å². The summed E-state index contributed by atoms with van der Waals surface area (Å²) in [6.45, 7) is 3.53. The van der Waals surface area contributed by atoms with Gasteiger partial charge in [0.15, 0.2) is 11.5 Å². The zero-order chi connectivity index (χ0) is 18.9. The summed E-state index contributed by atoms with van der Waals surface area (Å²) < 4.78 is 44.1. The predicted molar refractivity (Wildman–Crippen MR) is 96.6 cm³/mol. The molecular weight excluding hydrogens is 370 g/mol. The van der Waals surface area contributed by atoms with Gasteiger partial charge in [0.2, 0.25) is 15.9 Å². The second kappa shape index (κ2) is 7.32. The zero-order valence-electron chi connectivity index (χ0n) is 15.0. The number of benzene rings is 1. The third-order valence-corrected chi connectivity index (χ3v) is 6.51. The SMILES string of the molecule is Cc1ccc(OC2CCN(S(=O)(=O)c3ccc4c(c3)OCCO4)CC2)nn1. The van der Waals surface area contributed by atoms with Crippen LogP contribution >= 0.6 is 0 Å². The van der Waals surface area contributed by atoms with Crippen LogP contribution in [0.15, 0.2) is 35.2 Å². The number of hydrogen-bond acceptors (Lipinski definition) is 7. The fraction of sp³-hybridized carbons (Fsp3) is 0.444. The highest BCUT2D eigenvalue weighted by atomic mass is 32.2. The van der Waals surface area contributed by atoms with Gasteiger partial charge in [0, 0.05) is 25.2 Å². The predicted octanol–water partition coefficient (Wildman–Crippen LogP) is 1.79. The van der Waals surface area contributed by atoms with E-state index in [0.717, 1.165) is 5.69 Å². The molecule has 4 rings (SSSR count). The minimum Gasteiger partial charge on any atom is -0.486 e.